The third-order valence-electron chi connectivity index (χ3n) is 2.02. The highest BCUT2D eigenvalue weighted by Crippen LogP contribution is 2.16. The van der Waals surface area contributed by atoms with E-state index in [1.807, 2.05) is 0 Å². The van der Waals surface area contributed by atoms with Gasteiger partial charge in [0.2, 0.25) is 5.88 Å². The smallest absolute Gasteiger partial charge is 0.216 e. The molecule has 1 aromatic heterocycles. The number of nitrogens with zero attached hydrogens (tertiary/aromatic N) is 1. The summed E-state index contributed by atoms with van der Waals surface area (Å²) in [5, 5.41) is 0. The molecule has 1 rings (SSSR count). The quantitative estimate of drug-likeness (QED) is 0.698. The van der Waals surface area contributed by atoms with Crippen LogP contribution in [0.2, 0.25) is 0 Å². The predicted molar refractivity (Wildman–Crippen MR) is 56.3 cm³/mol. The second-order valence-corrected chi connectivity index (χ2v) is 3.09. The van der Waals surface area contributed by atoms with E-state index in [9.17, 15) is 0 Å². The Kier molecular flexibility index (Phi) is 4.35. The number of pyridine rings is 1. The fraction of sp³-hybridized carbons (Fsp3) is 0.500. The lowest BCUT2D eigenvalue weighted by atomic mass is 10.1. The number of ether oxygens (including phenoxy) is 1. The van der Waals surface area contributed by atoms with Crippen molar-refractivity contribution in [3.8, 4) is 5.88 Å². The molecule has 0 saturated heterocycles. The summed E-state index contributed by atoms with van der Waals surface area (Å²) in [6, 6.07) is 2.06. The summed E-state index contributed by atoms with van der Waals surface area (Å²) in [4.78, 5) is 4.20. The minimum atomic E-state index is 0.601. The number of hydrogen-bond acceptors (Lipinski definition) is 4. The highest BCUT2D eigenvalue weighted by atomic mass is 16.5. The van der Waals surface area contributed by atoms with Crippen LogP contribution in [0.5, 0.6) is 5.88 Å². The van der Waals surface area contributed by atoms with Gasteiger partial charge in [-0.1, -0.05) is 0 Å². The van der Waals surface area contributed by atoms with E-state index in [-0.39, 0.29) is 0 Å². The minimum Gasteiger partial charge on any atom is -0.481 e. The van der Waals surface area contributed by atoms with Gasteiger partial charge in [0.05, 0.1) is 7.11 Å². The molecule has 14 heavy (non-hydrogen) atoms. The van der Waals surface area contributed by atoms with Crippen LogP contribution in [0.1, 0.15) is 11.1 Å². The van der Waals surface area contributed by atoms with Gasteiger partial charge in [-0.3, -0.25) is 0 Å². The van der Waals surface area contributed by atoms with Crippen molar-refractivity contribution in [1.82, 2.24) is 4.98 Å². The maximum absolute atomic E-state index is 5.50. The third kappa shape index (κ3) is 2.68. The Bertz CT molecular complexity index is 289. The lowest BCUT2D eigenvalue weighted by molar-refractivity contribution is 0.392. The van der Waals surface area contributed by atoms with Gasteiger partial charge in [0.1, 0.15) is 0 Å². The molecule has 1 heterocycles. The molecule has 4 heteroatoms. The molecule has 0 saturated carbocycles. The Hall–Kier alpha value is -1.13. The molecule has 0 unspecified atom stereocenters. The lowest BCUT2D eigenvalue weighted by Crippen LogP contribution is -2.08. The highest BCUT2D eigenvalue weighted by Gasteiger charge is 2.04. The number of hydrogen-bond donors (Lipinski definition) is 2. The van der Waals surface area contributed by atoms with E-state index >= 15 is 0 Å². The second kappa shape index (κ2) is 5.57. The summed E-state index contributed by atoms with van der Waals surface area (Å²) in [7, 11) is 1.62. The van der Waals surface area contributed by atoms with Gasteiger partial charge in [-0.25, -0.2) is 4.98 Å². The van der Waals surface area contributed by atoms with E-state index in [1.54, 1.807) is 13.3 Å². The molecule has 0 spiro atoms. The van der Waals surface area contributed by atoms with Gasteiger partial charge < -0.3 is 16.2 Å². The van der Waals surface area contributed by atoms with Crippen LogP contribution in [0.25, 0.3) is 0 Å². The molecule has 0 aliphatic carbocycles. The Morgan fingerprint density at radius 2 is 2.00 bits per heavy atom. The highest BCUT2D eigenvalue weighted by molar-refractivity contribution is 5.30. The summed E-state index contributed by atoms with van der Waals surface area (Å²) >= 11 is 0. The van der Waals surface area contributed by atoms with E-state index in [1.165, 1.54) is 0 Å². The van der Waals surface area contributed by atoms with Crippen molar-refractivity contribution in [2.24, 2.45) is 11.5 Å². The monoisotopic (exact) mass is 195 g/mol. The maximum atomic E-state index is 5.50. The van der Waals surface area contributed by atoms with Gasteiger partial charge in [-0.05, 0) is 37.6 Å². The van der Waals surface area contributed by atoms with E-state index in [2.05, 4.69) is 11.1 Å². The van der Waals surface area contributed by atoms with Gasteiger partial charge in [0.15, 0.2) is 0 Å². The van der Waals surface area contributed by atoms with Crippen molar-refractivity contribution in [2.45, 2.75) is 12.8 Å². The van der Waals surface area contributed by atoms with Crippen molar-refractivity contribution < 1.29 is 4.74 Å². The summed E-state index contributed by atoms with van der Waals surface area (Å²) in [6.07, 6.45) is 3.43. The third-order valence-corrected chi connectivity index (χ3v) is 2.02. The second-order valence-electron chi connectivity index (χ2n) is 3.09. The van der Waals surface area contributed by atoms with Crippen LogP contribution in [0.4, 0.5) is 0 Å². The summed E-state index contributed by atoms with van der Waals surface area (Å²) in [5.41, 5.74) is 13.2. The molecule has 0 radical (unpaired) electrons. The van der Waals surface area contributed by atoms with Crippen molar-refractivity contribution >= 4 is 0 Å². The lowest BCUT2D eigenvalue weighted by Gasteiger charge is -2.08. The molecule has 0 amide bonds. The van der Waals surface area contributed by atoms with E-state index in [0.717, 1.165) is 24.0 Å². The van der Waals surface area contributed by atoms with Crippen LogP contribution >= 0.6 is 0 Å². The summed E-state index contributed by atoms with van der Waals surface area (Å²) in [5.74, 6) is 0.663. The van der Waals surface area contributed by atoms with E-state index in [4.69, 9.17) is 16.2 Å². The fourth-order valence-electron chi connectivity index (χ4n) is 1.37. The van der Waals surface area contributed by atoms with E-state index in [0.29, 0.717) is 19.0 Å². The predicted octanol–water partition coefficient (Wildman–Crippen LogP) is 0.0926. The van der Waals surface area contributed by atoms with Crippen LogP contribution < -0.4 is 16.2 Å². The van der Waals surface area contributed by atoms with E-state index < -0.39 is 0 Å². The van der Waals surface area contributed by atoms with Crippen LogP contribution in [0.3, 0.4) is 0 Å². The van der Waals surface area contributed by atoms with Crippen molar-refractivity contribution in [2.75, 3.05) is 20.2 Å². The molecule has 1 aromatic rings. The molecule has 0 atom stereocenters. The number of aromatic nitrogens is 1. The summed E-state index contributed by atoms with van der Waals surface area (Å²) in [6.45, 7) is 1.24. The van der Waals surface area contributed by atoms with Gasteiger partial charge in [0.25, 0.3) is 0 Å². The fourth-order valence-corrected chi connectivity index (χ4v) is 1.37. The van der Waals surface area contributed by atoms with Crippen molar-refractivity contribution in [3.63, 3.8) is 0 Å². The topological polar surface area (TPSA) is 74.2 Å². The zero-order chi connectivity index (χ0) is 10.4. The van der Waals surface area contributed by atoms with Gasteiger partial charge in [-0.15, -0.1) is 0 Å². The molecule has 0 aliphatic rings. The zero-order valence-electron chi connectivity index (χ0n) is 8.49. The first-order chi connectivity index (χ1) is 6.81. The normalized spacial score (nSPS) is 10.2. The zero-order valence-corrected chi connectivity index (χ0v) is 8.49. The van der Waals surface area contributed by atoms with Gasteiger partial charge >= 0.3 is 0 Å². The molecule has 0 bridgehead atoms. The first-order valence-electron chi connectivity index (χ1n) is 4.73. The molecule has 0 aromatic carbocycles. The van der Waals surface area contributed by atoms with Crippen LogP contribution in [-0.2, 0) is 12.8 Å². The number of nitrogens with two attached hydrogens (primary N) is 2. The Labute approximate surface area is 84.3 Å². The van der Waals surface area contributed by atoms with Crippen molar-refractivity contribution in [3.05, 3.63) is 23.4 Å². The Balaban J connectivity index is 2.88. The largest absolute Gasteiger partial charge is 0.481 e. The average Bonchev–Trinajstić information content (AvgIpc) is 2.19. The number of rotatable bonds is 5. The molecule has 0 fully saturated rings. The van der Waals surface area contributed by atoms with Crippen LogP contribution in [-0.4, -0.2) is 25.2 Å². The standard InChI is InChI=1S/C10H17N3O/c1-14-10-9(3-5-12)6-8(2-4-11)7-13-10/h6-7H,2-5,11-12H2,1H3. The van der Waals surface area contributed by atoms with Crippen molar-refractivity contribution in [1.29, 1.82) is 0 Å². The van der Waals surface area contributed by atoms with Gasteiger partial charge in [0, 0.05) is 11.8 Å². The molecule has 4 nitrogen and oxygen atoms in total. The minimum absolute atomic E-state index is 0.601. The average molecular weight is 195 g/mol. The molecule has 4 N–H and O–H groups in total. The number of methoxy groups -OCH3 is 1. The first kappa shape index (κ1) is 10.9. The first-order valence-corrected chi connectivity index (χ1v) is 4.73. The molecule has 78 valence electrons. The molecular weight excluding hydrogens is 178 g/mol. The summed E-state index contributed by atoms with van der Waals surface area (Å²) < 4.78 is 5.13. The Morgan fingerprint density at radius 1 is 1.29 bits per heavy atom. The maximum Gasteiger partial charge on any atom is 0.216 e. The van der Waals surface area contributed by atoms with Crippen LogP contribution in [0, 0.1) is 0 Å². The molecular formula is C10H17N3O. The SMILES string of the molecule is COc1ncc(CCN)cc1CCN. The Morgan fingerprint density at radius 3 is 2.57 bits per heavy atom. The van der Waals surface area contributed by atoms with Gasteiger partial charge in [-0.2, -0.15) is 0 Å². The molecule has 0 aliphatic heterocycles. The van der Waals surface area contributed by atoms with Crippen LogP contribution in [0.15, 0.2) is 12.3 Å².